The van der Waals surface area contributed by atoms with Crippen molar-refractivity contribution in [2.45, 2.75) is 45.3 Å². The molecule has 1 fully saturated rings. The summed E-state index contributed by atoms with van der Waals surface area (Å²) >= 11 is 0. The molecule has 2 atom stereocenters. The molecule has 1 saturated heterocycles. The second kappa shape index (κ2) is 5.71. The van der Waals surface area contributed by atoms with E-state index in [0.717, 1.165) is 5.56 Å². The number of carbonyl (C=O) groups is 2. The fraction of sp³-hybridized carbons (Fsp3) is 0.533. The number of piperazine rings is 1. The first kappa shape index (κ1) is 15.3. The van der Waals surface area contributed by atoms with E-state index in [9.17, 15) is 9.59 Å². The van der Waals surface area contributed by atoms with Crippen molar-refractivity contribution < 1.29 is 14.3 Å². The summed E-state index contributed by atoms with van der Waals surface area (Å²) in [5, 5.41) is 2.81. The van der Waals surface area contributed by atoms with Crippen LogP contribution in [0.25, 0.3) is 0 Å². The highest BCUT2D eigenvalue weighted by Crippen LogP contribution is 2.23. The number of ether oxygens (including phenoxy) is 1. The van der Waals surface area contributed by atoms with Gasteiger partial charge < -0.3 is 15.0 Å². The molecule has 2 unspecified atom stereocenters. The Morgan fingerprint density at radius 1 is 1.48 bits per heavy atom. The molecule has 1 aromatic heterocycles. The van der Waals surface area contributed by atoms with Crippen molar-refractivity contribution in [3.63, 3.8) is 0 Å². The van der Waals surface area contributed by atoms with Crippen molar-refractivity contribution in [3.8, 4) is 5.88 Å². The second-order valence-electron chi connectivity index (χ2n) is 5.49. The van der Waals surface area contributed by atoms with E-state index in [2.05, 4.69) is 10.3 Å². The van der Waals surface area contributed by atoms with Gasteiger partial charge in [-0.15, -0.1) is 0 Å². The van der Waals surface area contributed by atoms with Gasteiger partial charge in [0.15, 0.2) is 0 Å². The summed E-state index contributed by atoms with van der Waals surface area (Å²) < 4.78 is 5.09. The number of hydrogen-bond donors (Lipinski definition) is 1. The van der Waals surface area contributed by atoms with Gasteiger partial charge in [0.1, 0.15) is 11.6 Å². The number of carbonyl (C=O) groups excluding carboxylic acids is 2. The van der Waals surface area contributed by atoms with E-state index in [-0.39, 0.29) is 11.8 Å². The third kappa shape index (κ3) is 2.84. The fourth-order valence-corrected chi connectivity index (χ4v) is 2.37. The van der Waals surface area contributed by atoms with Crippen LogP contribution in [0.3, 0.4) is 0 Å². The van der Waals surface area contributed by atoms with E-state index in [4.69, 9.17) is 4.74 Å². The summed E-state index contributed by atoms with van der Waals surface area (Å²) in [6.45, 7) is 5.75. The van der Waals surface area contributed by atoms with Gasteiger partial charge in [0.05, 0.1) is 7.11 Å². The molecular formula is C15H21N3O3. The van der Waals surface area contributed by atoms with Crippen molar-refractivity contribution in [2.75, 3.05) is 7.11 Å². The molecule has 0 aliphatic carbocycles. The van der Waals surface area contributed by atoms with Gasteiger partial charge in [-0.1, -0.05) is 6.92 Å². The van der Waals surface area contributed by atoms with Crippen molar-refractivity contribution in [3.05, 3.63) is 23.9 Å². The van der Waals surface area contributed by atoms with Crippen LogP contribution in [-0.4, -0.2) is 40.4 Å². The van der Waals surface area contributed by atoms with Crippen LogP contribution in [0.4, 0.5) is 0 Å². The zero-order chi connectivity index (χ0) is 15.6. The Labute approximate surface area is 124 Å². The van der Waals surface area contributed by atoms with Crippen LogP contribution in [0.5, 0.6) is 5.88 Å². The normalized spacial score (nSPS) is 25.7. The largest absolute Gasteiger partial charge is 0.481 e. The maximum atomic E-state index is 12.7. The molecule has 21 heavy (non-hydrogen) atoms. The molecule has 0 saturated carbocycles. The standard InChI is InChI=1S/C15H21N3O3/c1-5-15(3)14(20)18(10(2)13(19)17-15)9-11-6-7-16-12(8-11)21-4/h6-8,10H,5,9H2,1-4H3,(H,17,19). The molecule has 0 radical (unpaired) electrons. The zero-order valence-corrected chi connectivity index (χ0v) is 12.8. The molecule has 1 aliphatic rings. The SMILES string of the molecule is CCC1(C)NC(=O)C(C)N(Cc2ccnc(OC)c2)C1=O. The minimum absolute atomic E-state index is 0.0621. The lowest BCUT2D eigenvalue weighted by molar-refractivity contribution is -0.154. The van der Waals surface area contributed by atoms with Crippen LogP contribution < -0.4 is 10.1 Å². The molecule has 114 valence electrons. The van der Waals surface area contributed by atoms with Crippen LogP contribution in [0.1, 0.15) is 32.8 Å². The minimum atomic E-state index is -0.833. The monoisotopic (exact) mass is 291 g/mol. The van der Waals surface area contributed by atoms with E-state index >= 15 is 0 Å². The number of methoxy groups -OCH3 is 1. The number of rotatable bonds is 4. The fourth-order valence-electron chi connectivity index (χ4n) is 2.37. The van der Waals surface area contributed by atoms with Crippen LogP contribution in [0.2, 0.25) is 0 Å². The van der Waals surface area contributed by atoms with Crippen molar-refractivity contribution in [1.29, 1.82) is 0 Å². The highest BCUT2D eigenvalue weighted by Gasteiger charge is 2.45. The number of hydrogen-bond acceptors (Lipinski definition) is 4. The lowest BCUT2D eigenvalue weighted by Crippen LogP contribution is -2.68. The number of nitrogens with one attached hydrogen (secondary N) is 1. The van der Waals surface area contributed by atoms with E-state index in [0.29, 0.717) is 18.8 Å². The summed E-state index contributed by atoms with van der Waals surface area (Å²) in [5.74, 6) is 0.306. The first-order valence-electron chi connectivity index (χ1n) is 7.03. The predicted octanol–water partition coefficient (Wildman–Crippen LogP) is 1.11. The highest BCUT2D eigenvalue weighted by atomic mass is 16.5. The third-order valence-electron chi connectivity index (χ3n) is 4.05. The van der Waals surface area contributed by atoms with E-state index in [1.54, 1.807) is 38.1 Å². The van der Waals surface area contributed by atoms with Crippen LogP contribution in [0.15, 0.2) is 18.3 Å². The molecule has 1 N–H and O–H groups in total. The van der Waals surface area contributed by atoms with Crippen LogP contribution in [-0.2, 0) is 16.1 Å². The van der Waals surface area contributed by atoms with Crippen molar-refractivity contribution in [1.82, 2.24) is 15.2 Å². The Morgan fingerprint density at radius 3 is 2.81 bits per heavy atom. The second-order valence-corrected chi connectivity index (χ2v) is 5.49. The maximum absolute atomic E-state index is 12.7. The number of aromatic nitrogens is 1. The van der Waals surface area contributed by atoms with Gasteiger partial charge in [-0.3, -0.25) is 9.59 Å². The molecule has 6 nitrogen and oxygen atoms in total. The quantitative estimate of drug-likeness (QED) is 0.902. The van der Waals surface area contributed by atoms with Crippen molar-refractivity contribution >= 4 is 11.8 Å². The Kier molecular flexibility index (Phi) is 4.16. The predicted molar refractivity (Wildman–Crippen MR) is 77.6 cm³/mol. The third-order valence-corrected chi connectivity index (χ3v) is 4.05. The lowest BCUT2D eigenvalue weighted by Gasteiger charge is -2.43. The maximum Gasteiger partial charge on any atom is 0.248 e. The molecule has 1 aromatic rings. The zero-order valence-electron chi connectivity index (χ0n) is 12.8. The van der Waals surface area contributed by atoms with Crippen LogP contribution >= 0.6 is 0 Å². The van der Waals surface area contributed by atoms with Gasteiger partial charge >= 0.3 is 0 Å². The first-order chi connectivity index (χ1) is 9.91. The van der Waals surface area contributed by atoms with Gasteiger partial charge in [0, 0.05) is 18.8 Å². The highest BCUT2D eigenvalue weighted by molar-refractivity contribution is 5.99. The molecule has 2 amide bonds. The van der Waals surface area contributed by atoms with E-state index < -0.39 is 11.6 Å². The molecule has 0 bridgehead atoms. The molecule has 2 heterocycles. The topological polar surface area (TPSA) is 71.5 Å². The summed E-state index contributed by atoms with van der Waals surface area (Å²) in [7, 11) is 1.54. The summed E-state index contributed by atoms with van der Waals surface area (Å²) in [4.78, 5) is 30.4. The molecule has 1 aliphatic heterocycles. The summed E-state index contributed by atoms with van der Waals surface area (Å²) in [6.07, 6.45) is 2.19. The van der Waals surface area contributed by atoms with E-state index in [1.807, 2.05) is 13.0 Å². The van der Waals surface area contributed by atoms with Gasteiger partial charge in [-0.25, -0.2) is 4.98 Å². The lowest BCUT2D eigenvalue weighted by atomic mass is 9.92. The number of nitrogens with zero attached hydrogens (tertiary/aromatic N) is 2. The molecular weight excluding hydrogens is 270 g/mol. The van der Waals surface area contributed by atoms with E-state index in [1.165, 1.54) is 0 Å². The average Bonchev–Trinajstić information content (AvgIpc) is 2.50. The number of pyridine rings is 1. The Morgan fingerprint density at radius 2 is 2.19 bits per heavy atom. The summed E-state index contributed by atoms with van der Waals surface area (Å²) in [5.41, 5.74) is 0.0518. The van der Waals surface area contributed by atoms with Crippen LogP contribution in [0, 0.1) is 0 Å². The first-order valence-corrected chi connectivity index (χ1v) is 7.03. The Hall–Kier alpha value is -2.11. The minimum Gasteiger partial charge on any atom is -0.481 e. The van der Waals surface area contributed by atoms with Gasteiger partial charge in [0.25, 0.3) is 0 Å². The van der Waals surface area contributed by atoms with Gasteiger partial charge in [0.2, 0.25) is 17.7 Å². The van der Waals surface area contributed by atoms with Gasteiger partial charge in [-0.05, 0) is 31.9 Å². The average molecular weight is 291 g/mol. The van der Waals surface area contributed by atoms with Gasteiger partial charge in [-0.2, -0.15) is 0 Å². The smallest absolute Gasteiger partial charge is 0.248 e. The van der Waals surface area contributed by atoms with Crippen molar-refractivity contribution in [2.24, 2.45) is 0 Å². The number of amides is 2. The Balaban J connectivity index is 2.27. The molecule has 6 heteroatoms. The molecule has 0 aromatic carbocycles. The Bertz CT molecular complexity index is 561. The molecule has 2 rings (SSSR count). The summed E-state index contributed by atoms with van der Waals surface area (Å²) in [6, 6.07) is 3.10. The molecule has 0 spiro atoms.